The van der Waals surface area contributed by atoms with Crippen LogP contribution >= 0.6 is 0 Å². The van der Waals surface area contributed by atoms with Crippen LogP contribution < -0.4 is 15.4 Å². The molecule has 28 heavy (non-hydrogen) atoms. The van der Waals surface area contributed by atoms with E-state index in [4.69, 9.17) is 9.84 Å². The smallest absolute Gasteiger partial charge is 0.247 e. The van der Waals surface area contributed by atoms with E-state index in [9.17, 15) is 5.11 Å². The minimum Gasteiger partial charge on any atom is -0.475 e. The summed E-state index contributed by atoms with van der Waals surface area (Å²) in [5.41, 5.74) is 1.48. The standard InChI is InChI=1S/C19H24N6O3/c26-10-11-28-18-12-14(8-9-20-18)22-19-23-17-3-1-2-16(25(17)24-19)21-13-4-6-15(27)7-5-13/h1-3,8-9,12-13,15,21,26-27H,4-7,10-11H2,(H,20,22,24). The number of aromatic nitrogens is 4. The van der Waals surface area contributed by atoms with Gasteiger partial charge in [-0.15, -0.1) is 5.10 Å². The van der Waals surface area contributed by atoms with Gasteiger partial charge in [0.15, 0.2) is 5.65 Å². The van der Waals surface area contributed by atoms with Crippen LogP contribution in [-0.4, -0.2) is 55.2 Å². The number of pyridine rings is 2. The molecule has 1 aliphatic rings. The summed E-state index contributed by atoms with van der Waals surface area (Å²) in [6.07, 6.45) is 4.95. The molecule has 0 amide bonds. The lowest BCUT2D eigenvalue weighted by Crippen LogP contribution is -2.29. The first-order valence-corrected chi connectivity index (χ1v) is 9.48. The number of aliphatic hydroxyl groups is 2. The van der Waals surface area contributed by atoms with Gasteiger partial charge < -0.3 is 25.6 Å². The van der Waals surface area contributed by atoms with Gasteiger partial charge in [-0.2, -0.15) is 9.50 Å². The molecule has 1 fully saturated rings. The summed E-state index contributed by atoms with van der Waals surface area (Å²) in [5, 5.41) is 29.8. The van der Waals surface area contributed by atoms with E-state index in [1.807, 2.05) is 18.2 Å². The topological polar surface area (TPSA) is 117 Å². The molecule has 0 radical (unpaired) electrons. The molecule has 0 unspecified atom stereocenters. The number of nitrogens with zero attached hydrogens (tertiary/aromatic N) is 4. The average molecular weight is 384 g/mol. The molecule has 3 aromatic heterocycles. The van der Waals surface area contributed by atoms with Gasteiger partial charge in [0.1, 0.15) is 12.4 Å². The highest BCUT2D eigenvalue weighted by atomic mass is 16.5. The number of hydrogen-bond acceptors (Lipinski definition) is 8. The van der Waals surface area contributed by atoms with Gasteiger partial charge in [0.25, 0.3) is 0 Å². The highest BCUT2D eigenvalue weighted by Crippen LogP contribution is 2.23. The Hall–Kier alpha value is -2.91. The van der Waals surface area contributed by atoms with E-state index in [-0.39, 0.29) is 19.3 Å². The molecule has 0 aliphatic heterocycles. The Labute approximate surface area is 162 Å². The molecule has 9 heteroatoms. The van der Waals surface area contributed by atoms with Crippen molar-refractivity contribution in [1.82, 2.24) is 19.6 Å². The molecule has 0 bridgehead atoms. The zero-order valence-corrected chi connectivity index (χ0v) is 15.5. The van der Waals surface area contributed by atoms with E-state index >= 15 is 0 Å². The van der Waals surface area contributed by atoms with Gasteiger partial charge in [0, 0.05) is 24.0 Å². The van der Waals surface area contributed by atoms with Crippen LogP contribution in [0.5, 0.6) is 5.88 Å². The normalized spacial score (nSPS) is 19.5. The second kappa shape index (κ2) is 8.41. The van der Waals surface area contributed by atoms with E-state index in [1.165, 1.54) is 0 Å². The molecular formula is C19H24N6O3. The molecule has 0 saturated heterocycles. The minimum atomic E-state index is -0.178. The van der Waals surface area contributed by atoms with Crippen molar-refractivity contribution in [1.29, 1.82) is 0 Å². The van der Waals surface area contributed by atoms with Gasteiger partial charge in [-0.05, 0) is 43.9 Å². The average Bonchev–Trinajstić information content (AvgIpc) is 3.12. The lowest BCUT2D eigenvalue weighted by atomic mass is 9.93. The maximum Gasteiger partial charge on any atom is 0.247 e. The maximum absolute atomic E-state index is 9.69. The van der Waals surface area contributed by atoms with Crippen molar-refractivity contribution >= 4 is 23.1 Å². The molecule has 9 nitrogen and oxygen atoms in total. The van der Waals surface area contributed by atoms with E-state index < -0.39 is 0 Å². The number of ether oxygens (including phenoxy) is 1. The first kappa shape index (κ1) is 18.5. The van der Waals surface area contributed by atoms with E-state index in [2.05, 4.69) is 25.7 Å². The fraction of sp³-hybridized carbons (Fsp3) is 0.421. The van der Waals surface area contributed by atoms with Crippen molar-refractivity contribution < 1.29 is 14.9 Å². The third kappa shape index (κ3) is 4.32. The molecule has 4 N–H and O–H groups in total. The SMILES string of the molecule is OCCOc1cc(Nc2nc3cccc(NC4CCC(O)CC4)n3n2)ccn1. The Morgan fingerprint density at radius 1 is 1.18 bits per heavy atom. The first-order valence-electron chi connectivity index (χ1n) is 9.48. The van der Waals surface area contributed by atoms with Crippen molar-refractivity contribution in [3.05, 3.63) is 36.5 Å². The summed E-state index contributed by atoms with van der Waals surface area (Å²) in [4.78, 5) is 8.62. The minimum absolute atomic E-state index is 0.0664. The number of fused-ring (bicyclic) bond motifs is 1. The molecule has 3 heterocycles. The maximum atomic E-state index is 9.69. The van der Waals surface area contributed by atoms with Crippen molar-refractivity contribution in [2.75, 3.05) is 23.8 Å². The van der Waals surface area contributed by atoms with Crippen LogP contribution in [0.1, 0.15) is 25.7 Å². The quantitative estimate of drug-likeness (QED) is 0.488. The molecule has 1 aliphatic carbocycles. The van der Waals surface area contributed by atoms with Crippen LogP contribution in [0.25, 0.3) is 5.65 Å². The van der Waals surface area contributed by atoms with Gasteiger partial charge in [-0.3, -0.25) is 0 Å². The summed E-state index contributed by atoms with van der Waals surface area (Å²) in [6, 6.07) is 9.67. The monoisotopic (exact) mass is 384 g/mol. The number of anilines is 3. The summed E-state index contributed by atoms with van der Waals surface area (Å²) in [6.45, 7) is 0.124. The first-order chi connectivity index (χ1) is 13.7. The van der Waals surface area contributed by atoms with Crippen LogP contribution in [0.2, 0.25) is 0 Å². The lowest BCUT2D eigenvalue weighted by Gasteiger charge is -2.26. The van der Waals surface area contributed by atoms with Crippen LogP contribution in [0.4, 0.5) is 17.5 Å². The van der Waals surface area contributed by atoms with Gasteiger partial charge in [0.2, 0.25) is 11.8 Å². The molecular weight excluding hydrogens is 360 g/mol. The molecule has 148 valence electrons. The van der Waals surface area contributed by atoms with Gasteiger partial charge in [-0.1, -0.05) is 6.07 Å². The van der Waals surface area contributed by atoms with Crippen LogP contribution in [0.3, 0.4) is 0 Å². The Kier molecular flexibility index (Phi) is 5.54. The van der Waals surface area contributed by atoms with E-state index in [0.717, 1.165) is 42.8 Å². The molecule has 0 atom stereocenters. The van der Waals surface area contributed by atoms with Gasteiger partial charge in [-0.25, -0.2) is 4.98 Å². The van der Waals surface area contributed by atoms with Gasteiger partial charge >= 0.3 is 0 Å². The largest absolute Gasteiger partial charge is 0.475 e. The molecule has 0 aromatic carbocycles. The lowest BCUT2D eigenvalue weighted by molar-refractivity contribution is 0.126. The number of rotatable bonds is 7. The Morgan fingerprint density at radius 2 is 2.04 bits per heavy atom. The fourth-order valence-corrected chi connectivity index (χ4v) is 3.34. The highest BCUT2D eigenvalue weighted by Gasteiger charge is 2.20. The van der Waals surface area contributed by atoms with Crippen molar-refractivity contribution in [3.8, 4) is 5.88 Å². The second-order valence-electron chi connectivity index (χ2n) is 6.85. The Bertz CT molecular complexity index is 923. The van der Waals surface area contributed by atoms with Crippen LogP contribution in [0.15, 0.2) is 36.5 Å². The summed E-state index contributed by atoms with van der Waals surface area (Å²) >= 11 is 0. The molecule has 4 rings (SSSR count). The van der Waals surface area contributed by atoms with Crippen molar-refractivity contribution in [3.63, 3.8) is 0 Å². The van der Waals surface area contributed by atoms with Crippen molar-refractivity contribution in [2.24, 2.45) is 0 Å². The summed E-state index contributed by atoms with van der Waals surface area (Å²) < 4.78 is 7.10. The third-order valence-corrected chi connectivity index (χ3v) is 4.74. The fourth-order valence-electron chi connectivity index (χ4n) is 3.34. The Balaban J connectivity index is 1.50. The second-order valence-corrected chi connectivity index (χ2v) is 6.85. The van der Waals surface area contributed by atoms with E-state index in [1.54, 1.807) is 22.8 Å². The summed E-state index contributed by atoms with van der Waals surface area (Å²) in [5.74, 6) is 1.76. The van der Waals surface area contributed by atoms with Crippen LogP contribution in [0, 0.1) is 0 Å². The predicted octanol–water partition coefficient (Wildman–Crippen LogP) is 1.95. The van der Waals surface area contributed by atoms with Gasteiger partial charge in [0.05, 0.1) is 12.7 Å². The highest BCUT2D eigenvalue weighted by molar-refractivity contribution is 5.58. The number of nitrogens with one attached hydrogen (secondary N) is 2. The Morgan fingerprint density at radius 3 is 2.86 bits per heavy atom. The predicted molar refractivity (Wildman–Crippen MR) is 105 cm³/mol. The molecule has 0 spiro atoms. The number of hydrogen-bond donors (Lipinski definition) is 4. The number of aliphatic hydroxyl groups excluding tert-OH is 2. The molecule has 3 aromatic rings. The zero-order chi connectivity index (χ0) is 19.3. The van der Waals surface area contributed by atoms with Crippen molar-refractivity contribution in [2.45, 2.75) is 37.8 Å². The molecule has 1 saturated carbocycles. The van der Waals surface area contributed by atoms with Crippen LogP contribution in [-0.2, 0) is 0 Å². The summed E-state index contributed by atoms with van der Waals surface area (Å²) in [7, 11) is 0. The third-order valence-electron chi connectivity index (χ3n) is 4.74. The van der Waals surface area contributed by atoms with E-state index in [0.29, 0.717) is 17.9 Å². The zero-order valence-electron chi connectivity index (χ0n) is 15.5.